The lowest BCUT2D eigenvalue weighted by Crippen LogP contribution is -2.32. The van der Waals surface area contributed by atoms with Crippen LogP contribution in [-0.4, -0.2) is 34.7 Å². The van der Waals surface area contributed by atoms with E-state index >= 15 is 0 Å². The number of thiazole rings is 1. The summed E-state index contributed by atoms with van der Waals surface area (Å²) < 4.78 is 1.94. The van der Waals surface area contributed by atoms with E-state index in [0.29, 0.717) is 10.7 Å². The fraction of sp³-hybridized carbons (Fsp3) is 0.464. The molecule has 2 aromatic heterocycles. The van der Waals surface area contributed by atoms with E-state index in [9.17, 15) is 9.59 Å². The lowest BCUT2D eigenvalue weighted by molar-refractivity contribution is -0.115. The lowest BCUT2D eigenvalue weighted by atomic mass is 9.68. The van der Waals surface area contributed by atoms with Gasteiger partial charge in [0.2, 0.25) is 5.91 Å². The number of nitrogens with one attached hydrogen (secondary N) is 2. The molecular formula is C28H41BN4O2S. The molecule has 1 aromatic carbocycles. The normalized spacial score (nSPS) is 11.3. The molecule has 1 atom stereocenters. The van der Waals surface area contributed by atoms with Gasteiger partial charge in [0.05, 0.1) is 17.8 Å². The Morgan fingerprint density at radius 2 is 1.94 bits per heavy atom. The van der Waals surface area contributed by atoms with Crippen molar-refractivity contribution in [2.45, 2.75) is 73.4 Å². The Balaban J connectivity index is 0.000000434. The number of aryl methyl sites for hydroxylation is 1. The fourth-order valence-electron chi connectivity index (χ4n) is 3.51. The molecule has 2 N–H and O–H groups in total. The first-order chi connectivity index (χ1) is 17.2. The summed E-state index contributed by atoms with van der Waals surface area (Å²) in [6, 6.07) is 9.77. The second-order valence-electron chi connectivity index (χ2n) is 9.59. The molecule has 0 spiro atoms. The largest absolute Gasteiger partial charge is 0.398 e. The highest BCUT2D eigenvalue weighted by Crippen LogP contribution is 2.25. The Morgan fingerprint density at radius 3 is 2.58 bits per heavy atom. The van der Waals surface area contributed by atoms with Crippen LogP contribution >= 0.6 is 11.3 Å². The van der Waals surface area contributed by atoms with Crippen LogP contribution in [0.25, 0.3) is 11.3 Å². The lowest BCUT2D eigenvalue weighted by Gasteiger charge is -2.05. The van der Waals surface area contributed by atoms with Crippen LogP contribution < -0.4 is 10.6 Å². The Bertz CT molecular complexity index is 1090. The number of unbranched alkanes of at least 4 members (excludes halogenated alkanes) is 2. The van der Waals surface area contributed by atoms with E-state index < -0.39 is 0 Å². The van der Waals surface area contributed by atoms with E-state index in [1.165, 1.54) is 43.4 Å². The van der Waals surface area contributed by atoms with E-state index in [-0.39, 0.29) is 25.2 Å². The van der Waals surface area contributed by atoms with Crippen molar-refractivity contribution >= 4 is 35.1 Å². The van der Waals surface area contributed by atoms with Gasteiger partial charge in [-0.3, -0.25) is 9.59 Å². The molecule has 8 heteroatoms. The molecule has 2 heterocycles. The molecular weight excluding hydrogens is 467 g/mol. The first-order valence-electron chi connectivity index (χ1n) is 13.0. The zero-order chi connectivity index (χ0) is 26.5. The van der Waals surface area contributed by atoms with Crippen LogP contribution in [0.4, 0.5) is 5.13 Å². The molecule has 0 aliphatic carbocycles. The summed E-state index contributed by atoms with van der Waals surface area (Å²) in [5, 5.41) is 7.77. The predicted octanol–water partition coefficient (Wildman–Crippen LogP) is 7.00. The van der Waals surface area contributed by atoms with Crippen molar-refractivity contribution in [3.63, 3.8) is 0 Å². The quantitative estimate of drug-likeness (QED) is 0.216. The van der Waals surface area contributed by atoms with E-state index in [1.807, 2.05) is 60.9 Å². The topological polar surface area (TPSA) is 76.0 Å². The van der Waals surface area contributed by atoms with Crippen LogP contribution in [0.5, 0.6) is 0 Å². The molecule has 1 unspecified atom stereocenters. The maximum atomic E-state index is 12.1. The number of hydrogen-bond donors (Lipinski definition) is 2. The van der Waals surface area contributed by atoms with Crippen LogP contribution in [0.1, 0.15) is 68.8 Å². The second kappa shape index (κ2) is 15.3. The van der Waals surface area contributed by atoms with Gasteiger partial charge in [0.25, 0.3) is 12.8 Å². The monoisotopic (exact) mass is 508 g/mol. The van der Waals surface area contributed by atoms with Crippen LogP contribution in [0.2, 0.25) is 13.6 Å². The number of rotatable bonds is 11. The maximum absolute atomic E-state index is 12.1. The molecule has 2 amide bonds. The zero-order valence-corrected chi connectivity index (χ0v) is 23.5. The third kappa shape index (κ3) is 10.0. The van der Waals surface area contributed by atoms with Crippen molar-refractivity contribution < 1.29 is 9.59 Å². The van der Waals surface area contributed by atoms with Gasteiger partial charge in [0.1, 0.15) is 0 Å². The number of anilines is 1. The number of aromatic nitrogens is 2. The molecule has 0 saturated carbocycles. The van der Waals surface area contributed by atoms with Gasteiger partial charge in [-0.05, 0) is 31.2 Å². The van der Waals surface area contributed by atoms with Crippen LogP contribution in [0.3, 0.4) is 0 Å². The van der Waals surface area contributed by atoms with Crippen molar-refractivity contribution in [3.8, 4) is 11.3 Å². The van der Waals surface area contributed by atoms with Crippen LogP contribution in [0, 0.1) is 12.8 Å². The maximum Gasteiger partial charge on any atom is 0.253 e. The number of benzene rings is 1. The third-order valence-corrected chi connectivity index (χ3v) is 6.80. The van der Waals surface area contributed by atoms with Crippen molar-refractivity contribution in [2.75, 3.05) is 11.9 Å². The summed E-state index contributed by atoms with van der Waals surface area (Å²) in [6.45, 7) is 13.1. The Morgan fingerprint density at radius 1 is 1.17 bits per heavy atom. The molecule has 0 bridgehead atoms. The van der Waals surface area contributed by atoms with Gasteiger partial charge >= 0.3 is 0 Å². The third-order valence-electron chi connectivity index (χ3n) is 6.04. The average Bonchev–Trinajstić information content (AvgIpc) is 3.53. The minimum absolute atomic E-state index is 0.106. The first kappa shape index (κ1) is 29.4. The Hall–Kier alpha value is -2.87. The summed E-state index contributed by atoms with van der Waals surface area (Å²) in [5.41, 5.74) is 3.51. The summed E-state index contributed by atoms with van der Waals surface area (Å²) in [4.78, 5) is 28.7. The van der Waals surface area contributed by atoms with Crippen LogP contribution in [-0.2, 0) is 4.79 Å². The predicted molar refractivity (Wildman–Crippen MR) is 154 cm³/mol. The highest BCUT2D eigenvalue weighted by molar-refractivity contribution is 7.14. The van der Waals surface area contributed by atoms with Gasteiger partial charge < -0.3 is 15.1 Å². The minimum atomic E-state index is -0.309. The SMILES string of the molecule is CB(C)n1ccc(C(=O)NCC(=O)Nc2nc(-c3cccc(C)c3)cs2)c1.CCCCCC(C)CC. The fourth-order valence-corrected chi connectivity index (χ4v) is 4.25. The van der Waals surface area contributed by atoms with E-state index in [4.69, 9.17) is 0 Å². The van der Waals surface area contributed by atoms with Gasteiger partial charge in [-0.1, -0.05) is 90.3 Å². The Kier molecular flexibility index (Phi) is 12.5. The number of nitrogens with zero attached hydrogens (tertiary/aromatic N) is 2. The van der Waals surface area contributed by atoms with Gasteiger partial charge in [0, 0.05) is 17.1 Å². The molecule has 36 heavy (non-hydrogen) atoms. The minimum Gasteiger partial charge on any atom is -0.398 e. The molecule has 0 radical (unpaired) electrons. The summed E-state index contributed by atoms with van der Waals surface area (Å²) >= 11 is 1.36. The van der Waals surface area contributed by atoms with Gasteiger partial charge in [-0.25, -0.2) is 4.98 Å². The van der Waals surface area contributed by atoms with E-state index in [0.717, 1.165) is 22.7 Å². The molecule has 0 aliphatic heterocycles. The first-order valence-corrected chi connectivity index (χ1v) is 13.9. The smallest absolute Gasteiger partial charge is 0.253 e. The van der Waals surface area contributed by atoms with Gasteiger partial charge in [-0.15, -0.1) is 11.3 Å². The van der Waals surface area contributed by atoms with Crippen molar-refractivity contribution in [2.24, 2.45) is 5.92 Å². The van der Waals surface area contributed by atoms with Crippen molar-refractivity contribution in [1.82, 2.24) is 14.8 Å². The summed E-state index contributed by atoms with van der Waals surface area (Å²) in [7, 11) is 0. The second-order valence-corrected chi connectivity index (χ2v) is 10.4. The van der Waals surface area contributed by atoms with Crippen molar-refractivity contribution in [1.29, 1.82) is 0 Å². The molecule has 0 aliphatic rings. The zero-order valence-electron chi connectivity index (χ0n) is 22.6. The standard InChI is InChI=1S/C19H21BN4O2S.C9H20/c1-13-5-4-6-14(9-13)16-12-27-19(22-16)23-17(25)10-21-18(26)15-7-8-24(11-15)20(2)3;1-4-6-7-8-9(3)5-2/h4-9,11-12H,10H2,1-3H3,(H,21,26)(H,22,23,25);9H,4-8H2,1-3H3. The number of amides is 2. The van der Waals surface area contributed by atoms with E-state index in [1.54, 1.807) is 12.3 Å². The summed E-state index contributed by atoms with van der Waals surface area (Å²) in [5.74, 6) is 0.373. The average molecular weight is 509 g/mol. The highest BCUT2D eigenvalue weighted by atomic mass is 32.1. The Labute approximate surface area is 221 Å². The van der Waals surface area contributed by atoms with Gasteiger partial charge in [0.15, 0.2) is 5.13 Å². The molecule has 194 valence electrons. The van der Waals surface area contributed by atoms with Crippen molar-refractivity contribution in [3.05, 3.63) is 59.2 Å². The number of carbonyl (C=O) groups excluding carboxylic acids is 2. The summed E-state index contributed by atoms with van der Waals surface area (Å²) in [6.07, 6.45) is 10.6. The van der Waals surface area contributed by atoms with Gasteiger partial charge in [-0.2, -0.15) is 0 Å². The molecule has 3 rings (SSSR count). The number of hydrogen-bond acceptors (Lipinski definition) is 4. The molecule has 3 aromatic rings. The molecule has 0 fully saturated rings. The van der Waals surface area contributed by atoms with Crippen LogP contribution in [0.15, 0.2) is 48.1 Å². The van der Waals surface area contributed by atoms with E-state index in [2.05, 4.69) is 36.4 Å². The highest BCUT2D eigenvalue weighted by Gasteiger charge is 2.13. The molecule has 6 nitrogen and oxygen atoms in total. The number of carbonyl (C=O) groups is 2. The molecule has 0 saturated heterocycles.